The van der Waals surface area contributed by atoms with Crippen LogP contribution >= 0.6 is 11.6 Å². The number of nitrogens with zero attached hydrogens (tertiary/aromatic N) is 4. The van der Waals surface area contributed by atoms with Gasteiger partial charge in [0.2, 0.25) is 9.04 Å². The summed E-state index contributed by atoms with van der Waals surface area (Å²) in [6.45, 7) is 12.0. The highest BCUT2D eigenvalue weighted by molar-refractivity contribution is 6.48. The quantitative estimate of drug-likeness (QED) is 0.412. The van der Waals surface area contributed by atoms with Crippen molar-refractivity contribution in [2.45, 2.75) is 71.7 Å². The summed E-state index contributed by atoms with van der Waals surface area (Å²) in [4.78, 5) is 24.3. The predicted octanol–water partition coefficient (Wildman–Crippen LogP) is 3.38. The lowest BCUT2D eigenvalue weighted by Crippen LogP contribution is -2.42. The standard InChI is InChI=1S/C18H26ClN4O4Si/c1-10(24)25-12-7-11(14(18(2,3)4)27-28(5)6)26-17(12)23-9-22-13-15(19)20-8-21-16(13)23/h8-9,11-12,14,17H,7H2,1-6H3/t11-,12+,14?,17+/m0/s1. The summed E-state index contributed by atoms with van der Waals surface area (Å²) in [7, 11) is -0.948. The molecule has 4 atom stereocenters. The van der Waals surface area contributed by atoms with Gasteiger partial charge >= 0.3 is 5.97 Å². The molecule has 1 radical (unpaired) electrons. The molecule has 0 amide bonds. The SMILES string of the molecule is CC(=O)O[C@@H]1C[C@@H](C(O[Si](C)C)C(C)(C)C)O[C@H]1n1cnc2c(Cl)ncnc21. The summed E-state index contributed by atoms with van der Waals surface area (Å²) in [6.07, 6.45) is 2.09. The predicted molar refractivity (Wildman–Crippen MR) is 106 cm³/mol. The van der Waals surface area contributed by atoms with Crippen LogP contribution in [0.15, 0.2) is 12.7 Å². The molecule has 28 heavy (non-hydrogen) atoms. The summed E-state index contributed by atoms with van der Waals surface area (Å²) in [5, 5.41) is 0.266. The lowest BCUT2D eigenvalue weighted by molar-refractivity contribution is -0.153. The van der Waals surface area contributed by atoms with Crippen molar-refractivity contribution in [3.05, 3.63) is 17.8 Å². The van der Waals surface area contributed by atoms with E-state index in [1.165, 1.54) is 13.3 Å². The first-order valence-electron chi connectivity index (χ1n) is 9.20. The summed E-state index contributed by atoms with van der Waals surface area (Å²) >= 11 is 6.12. The Morgan fingerprint density at radius 2 is 2.07 bits per heavy atom. The topological polar surface area (TPSA) is 88.4 Å². The third-order valence-corrected chi connectivity index (χ3v) is 5.56. The van der Waals surface area contributed by atoms with Crippen molar-refractivity contribution in [3.8, 4) is 0 Å². The first-order valence-corrected chi connectivity index (χ1v) is 12.0. The zero-order valence-electron chi connectivity index (χ0n) is 17.0. The molecule has 0 aliphatic carbocycles. The second-order valence-corrected chi connectivity index (χ2v) is 10.7. The monoisotopic (exact) mass is 425 g/mol. The zero-order valence-corrected chi connectivity index (χ0v) is 18.7. The van der Waals surface area contributed by atoms with Crippen molar-refractivity contribution in [2.75, 3.05) is 0 Å². The van der Waals surface area contributed by atoms with E-state index in [-0.39, 0.29) is 28.7 Å². The van der Waals surface area contributed by atoms with Crippen LogP contribution in [0.2, 0.25) is 18.2 Å². The lowest BCUT2D eigenvalue weighted by Gasteiger charge is -2.36. The molecule has 1 unspecified atom stereocenters. The molecule has 0 saturated carbocycles. The van der Waals surface area contributed by atoms with Crippen LogP contribution in [-0.2, 0) is 18.7 Å². The van der Waals surface area contributed by atoms with Gasteiger partial charge in [0.25, 0.3) is 0 Å². The van der Waals surface area contributed by atoms with Gasteiger partial charge in [-0.1, -0.05) is 32.4 Å². The molecule has 10 heteroatoms. The van der Waals surface area contributed by atoms with Crippen LogP contribution in [-0.4, -0.2) is 52.8 Å². The molecule has 1 fully saturated rings. The zero-order chi connectivity index (χ0) is 20.6. The van der Waals surface area contributed by atoms with E-state index in [2.05, 4.69) is 48.8 Å². The summed E-state index contributed by atoms with van der Waals surface area (Å²) in [6, 6.07) is 0. The van der Waals surface area contributed by atoms with Gasteiger partial charge in [-0.25, -0.2) is 15.0 Å². The van der Waals surface area contributed by atoms with Crippen molar-refractivity contribution in [2.24, 2.45) is 5.41 Å². The molecule has 1 aliphatic heterocycles. The highest BCUT2D eigenvalue weighted by Crippen LogP contribution is 2.40. The van der Waals surface area contributed by atoms with Crippen LogP contribution in [0.5, 0.6) is 0 Å². The van der Waals surface area contributed by atoms with Crippen molar-refractivity contribution < 1.29 is 18.7 Å². The number of esters is 1. The smallest absolute Gasteiger partial charge is 0.303 e. The van der Waals surface area contributed by atoms with Crippen molar-refractivity contribution >= 4 is 37.8 Å². The Balaban J connectivity index is 1.96. The van der Waals surface area contributed by atoms with Gasteiger partial charge in [0.05, 0.1) is 18.5 Å². The van der Waals surface area contributed by atoms with E-state index in [4.69, 9.17) is 25.5 Å². The third kappa shape index (κ3) is 4.37. The molecule has 1 saturated heterocycles. The van der Waals surface area contributed by atoms with Crippen molar-refractivity contribution in [3.63, 3.8) is 0 Å². The Hall–Kier alpha value is -1.55. The van der Waals surface area contributed by atoms with Crippen LogP contribution in [0, 0.1) is 5.41 Å². The van der Waals surface area contributed by atoms with Crippen LogP contribution in [0.4, 0.5) is 0 Å². The minimum absolute atomic E-state index is 0.132. The second kappa shape index (κ2) is 8.06. The Kier molecular flexibility index (Phi) is 6.09. The summed E-state index contributed by atoms with van der Waals surface area (Å²) < 4.78 is 20.0. The van der Waals surface area contributed by atoms with Crippen LogP contribution in [0.3, 0.4) is 0 Å². The van der Waals surface area contributed by atoms with Gasteiger partial charge in [-0.05, 0) is 18.5 Å². The molecule has 1 aliphatic rings. The van der Waals surface area contributed by atoms with Crippen LogP contribution in [0.25, 0.3) is 11.2 Å². The highest BCUT2D eigenvalue weighted by Gasteiger charge is 2.46. The fourth-order valence-electron chi connectivity index (χ4n) is 3.50. The molecule has 2 aromatic rings. The maximum atomic E-state index is 11.7. The molecular formula is C18H26ClN4O4Si. The first-order chi connectivity index (χ1) is 13.1. The number of hydrogen-bond donors (Lipinski definition) is 0. The molecule has 3 rings (SSSR count). The number of ether oxygens (including phenoxy) is 2. The van der Waals surface area contributed by atoms with E-state index >= 15 is 0 Å². The minimum atomic E-state index is -0.948. The molecule has 2 aromatic heterocycles. The van der Waals surface area contributed by atoms with Gasteiger partial charge in [0.1, 0.15) is 17.9 Å². The Morgan fingerprint density at radius 3 is 2.68 bits per heavy atom. The number of rotatable bonds is 5. The van der Waals surface area contributed by atoms with E-state index < -0.39 is 21.4 Å². The van der Waals surface area contributed by atoms with Gasteiger partial charge in [0, 0.05) is 13.3 Å². The minimum Gasteiger partial charge on any atom is -0.458 e. The molecule has 3 heterocycles. The number of hydrogen-bond acceptors (Lipinski definition) is 7. The Labute approximate surface area is 171 Å². The van der Waals surface area contributed by atoms with Gasteiger partial charge in [-0.2, -0.15) is 0 Å². The fourth-order valence-corrected chi connectivity index (χ4v) is 4.69. The summed E-state index contributed by atoms with van der Waals surface area (Å²) in [5.41, 5.74) is 0.880. The van der Waals surface area contributed by atoms with Gasteiger partial charge in [-0.3, -0.25) is 9.36 Å². The molecular weight excluding hydrogens is 400 g/mol. The van der Waals surface area contributed by atoms with Crippen molar-refractivity contribution in [1.82, 2.24) is 19.5 Å². The van der Waals surface area contributed by atoms with E-state index in [1.807, 2.05) is 0 Å². The molecule has 0 spiro atoms. The molecule has 8 nitrogen and oxygen atoms in total. The molecule has 153 valence electrons. The first kappa shape index (κ1) is 21.2. The number of fused-ring (bicyclic) bond motifs is 1. The Morgan fingerprint density at radius 1 is 1.36 bits per heavy atom. The summed E-state index contributed by atoms with van der Waals surface area (Å²) in [5.74, 6) is -0.361. The second-order valence-electron chi connectivity index (χ2n) is 8.25. The third-order valence-electron chi connectivity index (χ3n) is 4.56. The average molecular weight is 426 g/mol. The molecule has 0 bridgehead atoms. The maximum absolute atomic E-state index is 11.7. The van der Waals surface area contributed by atoms with Crippen LogP contribution in [0.1, 0.15) is 40.3 Å². The van der Waals surface area contributed by atoms with Crippen molar-refractivity contribution in [1.29, 1.82) is 0 Å². The van der Waals surface area contributed by atoms with E-state index in [0.717, 1.165) is 0 Å². The highest BCUT2D eigenvalue weighted by atomic mass is 35.5. The number of carbonyl (C=O) groups is 1. The Bertz CT molecular complexity index is 854. The van der Waals surface area contributed by atoms with Gasteiger partial charge < -0.3 is 13.9 Å². The van der Waals surface area contributed by atoms with Gasteiger partial charge in [0.15, 0.2) is 17.0 Å². The maximum Gasteiger partial charge on any atom is 0.303 e. The molecule has 0 aromatic carbocycles. The van der Waals surface area contributed by atoms with Crippen LogP contribution < -0.4 is 0 Å². The number of aromatic nitrogens is 4. The fraction of sp³-hybridized carbons (Fsp3) is 0.667. The van der Waals surface area contributed by atoms with E-state index in [9.17, 15) is 4.79 Å². The normalized spacial score (nSPS) is 24.1. The van der Waals surface area contributed by atoms with Gasteiger partial charge in [-0.15, -0.1) is 0 Å². The number of halogens is 1. The average Bonchev–Trinajstić information content (AvgIpc) is 3.15. The number of carbonyl (C=O) groups excluding carboxylic acids is 1. The van der Waals surface area contributed by atoms with E-state index in [0.29, 0.717) is 17.6 Å². The molecule has 0 N–H and O–H groups in total. The van der Waals surface area contributed by atoms with E-state index in [1.54, 1.807) is 10.9 Å². The number of imidazole rings is 1. The largest absolute Gasteiger partial charge is 0.458 e. The lowest BCUT2D eigenvalue weighted by atomic mass is 9.85.